The van der Waals surface area contributed by atoms with Gasteiger partial charge in [0.1, 0.15) is 0 Å². The van der Waals surface area contributed by atoms with Gasteiger partial charge in [-0.2, -0.15) is 39.5 Å². The molecule has 10 heteroatoms. The molecule has 8 rings (SSSR count). The third kappa shape index (κ3) is 5.09. The van der Waals surface area contributed by atoms with Crippen LogP contribution in [0.4, 0.5) is 13.2 Å². The van der Waals surface area contributed by atoms with Crippen LogP contribution in [-0.2, 0) is 6.18 Å². The van der Waals surface area contributed by atoms with Gasteiger partial charge >= 0.3 is 6.18 Å². The molecule has 0 aliphatic rings. The average Bonchev–Trinajstić information content (AvgIpc) is 3.67. The normalized spacial score (nSPS) is 11.3. The van der Waals surface area contributed by atoms with E-state index in [4.69, 9.17) is 0 Å². The van der Waals surface area contributed by atoms with Crippen LogP contribution in [0.3, 0.4) is 0 Å². The summed E-state index contributed by atoms with van der Waals surface area (Å²) in [7, 11) is 0. The van der Waals surface area contributed by atoms with E-state index in [0.29, 0.717) is 82.8 Å². The molecule has 0 aliphatic heterocycles. The summed E-state index contributed by atoms with van der Waals surface area (Å²) in [4.78, 5) is 0. The second kappa shape index (κ2) is 11.9. The van der Waals surface area contributed by atoms with Gasteiger partial charge in [0.05, 0.1) is 97.2 Å². The quantitative estimate of drug-likeness (QED) is 0.182. The highest BCUT2D eigenvalue weighted by molar-refractivity contribution is 6.12. The van der Waals surface area contributed by atoms with Crippen LogP contribution in [0.5, 0.6) is 0 Å². The number of hydrogen-bond acceptors (Lipinski definition) is 5. The highest BCUT2D eigenvalue weighted by Crippen LogP contribution is 2.42. The third-order valence-electron chi connectivity index (χ3n) is 9.48. The van der Waals surface area contributed by atoms with Crippen molar-refractivity contribution in [1.29, 1.82) is 26.3 Å². The lowest BCUT2D eigenvalue weighted by Gasteiger charge is -2.20. The summed E-state index contributed by atoms with van der Waals surface area (Å²) in [6.07, 6.45) is -4.63. The minimum Gasteiger partial charge on any atom is -0.307 e. The fourth-order valence-corrected chi connectivity index (χ4v) is 7.21. The zero-order valence-electron chi connectivity index (χ0n) is 27.6. The molecule has 0 amide bonds. The Morgan fingerprint density at radius 3 is 1.23 bits per heavy atom. The summed E-state index contributed by atoms with van der Waals surface area (Å²) in [6, 6.07) is 38.6. The van der Waals surface area contributed by atoms with E-state index < -0.39 is 11.7 Å². The summed E-state index contributed by atoms with van der Waals surface area (Å²) in [5, 5.41) is 52.5. The minimum atomic E-state index is -4.63. The van der Waals surface area contributed by atoms with Crippen molar-refractivity contribution >= 4 is 43.6 Å². The second-order valence-electron chi connectivity index (χ2n) is 12.6. The molecule has 0 aliphatic carbocycles. The lowest BCUT2D eigenvalue weighted by Crippen LogP contribution is -2.07. The topological polar surface area (TPSA) is 129 Å². The monoisotopic (exact) mass is 691 g/mol. The van der Waals surface area contributed by atoms with Crippen LogP contribution in [0.1, 0.15) is 38.9 Å². The molecule has 0 spiro atoms. The molecule has 0 bridgehead atoms. The molecule has 6 aromatic carbocycles. The lowest BCUT2D eigenvalue weighted by molar-refractivity contribution is -0.137. The number of fused-ring (bicyclic) bond motifs is 6. The number of aromatic nitrogens is 2. The van der Waals surface area contributed by atoms with Gasteiger partial charge in [0.2, 0.25) is 0 Å². The van der Waals surface area contributed by atoms with Crippen LogP contribution in [0, 0.1) is 63.6 Å². The second-order valence-corrected chi connectivity index (χ2v) is 12.6. The summed E-state index contributed by atoms with van der Waals surface area (Å²) >= 11 is 0. The molecule has 7 nitrogen and oxygen atoms in total. The molecule has 0 radical (unpaired) electrons. The van der Waals surface area contributed by atoms with Crippen molar-refractivity contribution in [3.8, 4) is 52.8 Å². The Labute approximate surface area is 299 Å². The number of nitrogens with zero attached hydrogens (tertiary/aromatic N) is 7. The molecule has 0 atom stereocenters. The van der Waals surface area contributed by atoms with E-state index >= 15 is 0 Å². The van der Waals surface area contributed by atoms with Crippen molar-refractivity contribution in [2.24, 2.45) is 0 Å². The summed E-state index contributed by atoms with van der Waals surface area (Å²) in [5.74, 6) is 0. The van der Waals surface area contributed by atoms with Gasteiger partial charge in [0, 0.05) is 27.1 Å². The van der Waals surface area contributed by atoms with Gasteiger partial charge in [-0.05, 0) is 115 Å². The SMILES string of the molecule is Cc1cc(-c2cc(-n3c4ccc(C#N)cc4c4cc(C#N)ccc43)c(-n3c4ccc(C#N)cc4c4cc(C#N)ccc43)cc2C#N)cc(C(F)(F)F)c1. The van der Waals surface area contributed by atoms with Gasteiger partial charge < -0.3 is 9.13 Å². The van der Waals surface area contributed by atoms with Crippen LogP contribution >= 0.6 is 0 Å². The minimum absolute atomic E-state index is 0.110. The van der Waals surface area contributed by atoms with E-state index in [1.807, 2.05) is 9.13 Å². The van der Waals surface area contributed by atoms with Gasteiger partial charge in [-0.3, -0.25) is 0 Å². The van der Waals surface area contributed by atoms with Gasteiger partial charge in [-0.15, -0.1) is 0 Å². The number of halogens is 3. The standard InChI is InChI=1S/C43H20F3N7/c1-24-10-29(16-31(11-24)43(44,45)46)32-18-42(53-39-8-4-27(21-49)14-35(39)36-15-28(22-50)5-9-40(36)53)41(17-30(32)23-51)52-37-6-2-25(19-47)12-33(37)34-13-26(20-48)3-7-38(34)52/h2-18H,1H3. The van der Waals surface area contributed by atoms with E-state index in [-0.39, 0.29) is 16.7 Å². The maximum Gasteiger partial charge on any atom is 0.416 e. The number of hydrogen-bond donors (Lipinski definition) is 0. The number of alkyl halides is 3. The third-order valence-corrected chi connectivity index (χ3v) is 9.48. The highest BCUT2D eigenvalue weighted by atomic mass is 19.4. The molecule has 0 saturated heterocycles. The first-order chi connectivity index (χ1) is 25.6. The maximum absolute atomic E-state index is 14.1. The predicted molar refractivity (Wildman–Crippen MR) is 194 cm³/mol. The smallest absolute Gasteiger partial charge is 0.307 e. The van der Waals surface area contributed by atoms with Crippen LogP contribution in [0.2, 0.25) is 0 Å². The van der Waals surface area contributed by atoms with Crippen LogP contribution in [-0.4, -0.2) is 9.13 Å². The zero-order chi connectivity index (χ0) is 37.2. The maximum atomic E-state index is 14.1. The number of aryl methyl sites for hydroxylation is 1. The van der Waals surface area contributed by atoms with Crippen molar-refractivity contribution in [3.05, 3.63) is 142 Å². The van der Waals surface area contributed by atoms with Crippen molar-refractivity contribution in [3.63, 3.8) is 0 Å². The largest absolute Gasteiger partial charge is 0.416 e. The van der Waals surface area contributed by atoms with Crippen LogP contribution in [0.15, 0.2) is 103 Å². The molecule has 0 saturated carbocycles. The molecule has 0 fully saturated rings. The Bertz CT molecular complexity index is 2980. The van der Waals surface area contributed by atoms with Crippen molar-refractivity contribution in [2.75, 3.05) is 0 Å². The van der Waals surface area contributed by atoms with E-state index in [1.54, 1.807) is 97.9 Å². The zero-order valence-corrected chi connectivity index (χ0v) is 27.6. The molecule has 53 heavy (non-hydrogen) atoms. The summed E-state index contributed by atoms with van der Waals surface area (Å²) in [6.45, 7) is 1.57. The Morgan fingerprint density at radius 1 is 0.472 bits per heavy atom. The Balaban J connectivity index is 1.58. The van der Waals surface area contributed by atoms with Gasteiger partial charge in [-0.25, -0.2) is 0 Å². The van der Waals surface area contributed by atoms with E-state index in [2.05, 4.69) is 30.3 Å². The predicted octanol–water partition coefficient (Wildman–Crippen LogP) is 10.2. The molecule has 0 unspecified atom stereocenters. The average molecular weight is 692 g/mol. The lowest BCUT2D eigenvalue weighted by atomic mass is 9.95. The van der Waals surface area contributed by atoms with Crippen LogP contribution < -0.4 is 0 Å². The van der Waals surface area contributed by atoms with Crippen LogP contribution in [0.25, 0.3) is 66.1 Å². The van der Waals surface area contributed by atoms with Crippen molar-refractivity contribution in [1.82, 2.24) is 9.13 Å². The van der Waals surface area contributed by atoms with E-state index in [9.17, 15) is 39.5 Å². The first-order valence-corrected chi connectivity index (χ1v) is 16.1. The molecule has 2 heterocycles. The first-order valence-electron chi connectivity index (χ1n) is 16.1. The van der Waals surface area contributed by atoms with Gasteiger partial charge in [-0.1, -0.05) is 6.07 Å². The van der Waals surface area contributed by atoms with Gasteiger partial charge in [0.25, 0.3) is 0 Å². The Morgan fingerprint density at radius 2 is 0.868 bits per heavy atom. The van der Waals surface area contributed by atoms with E-state index in [1.165, 1.54) is 0 Å². The molecular weight excluding hydrogens is 672 g/mol. The molecule has 2 aromatic heterocycles. The Kier molecular flexibility index (Phi) is 7.26. The molecule has 8 aromatic rings. The first kappa shape index (κ1) is 32.4. The van der Waals surface area contributed by atoms with Crippen molar-refractivity contribution < 1.29 is 13.2 Å². The van der Waals surface area contributed by atoms with E-state index in [0.717, 1.165) is 12.1 Å². The number of rotatable bonds is 3. The summed E-state index contributed by atoms with van der Waals surface area (Å²) < 4.78 is 46.2. The molecule has 0 N–H and O–H groups in total. The fourth-order valence-electron chi connectivity index (χ4n) is 7.21. The Hall–Kier alpha value is -7.84. The molecule has 248 valence electrons. The number of benzene rings is 6. The fraction of sp³-hybridized carbons (Fsp3) is 0.0465. The van der Waals surface area contributed by atoms with Crippen molar-refractivity contribution in [2.45, 2.75) is 13.1 Å². The summed E-state index contributed by atoms with van der Waals surface area (Å²) in [5.41, 5.74) is 5.22. The highest BCUT2D eigenvalue weighted by Gasteiger charge is 2.31. The molecular formula is C43H20F3N7. The number of nitriles is 5. The van der Waals surface area contributed by atoms with Gasteiger partial charge in [0.15, 0.2) is 0 Å².